The molecule has 0 saturated heterocycles. The van der Waals surface area contributed by atoms with Gasteiger partial charge >= 0.3 is 6.09 Å². The normalized spacial score (nSPS) is 14.7. The van der Waals surface area contributed by atoms with Gasteiger partial charge in [0.05, 0.1) is 0 Å². The molecule has 0 bridgehead atoms. The fourth-order valence-electron chi connectivity index (χ4n) is 0.573. The van der Waals surface area contributed by atoms with E-state index in [1.54, 1.807) is 18.2 Å². The molecule has 0 radical (unpaired) electrons. The molecular weight excluding hydrogens is 146 g/mol. The largest absolute Gasteiger partial charge is 0.465 e. The van der Waals surface area contributed by atoms with Crippen molar-refractivity contribution in [3.8, 4) is 0 Å². The Hall–Kier alpha value is -1.78. The van der Waals surface area contributed by atoms with Crippen LogP contribution in [-0.2, 0) is 0 Å². The third-order valence-corrected chi connectivity index (χ3v) is 0.961. The van der Waals surface area contributed by atoms with E-state index in [2.05, 4.69) is 15.8 Å². The molecule has 0 aromatic carbocycles. The van der Waals surface area contributed by atoms with Crippen molar-refractivity contribution in [1.82, 2.24) is 10.7 Å². The summed E-state index contributed by atoms with van der Waals surface area (Å²) >= 11 is 0. The molecule has 1 heterocycles. The number of nitrogens with one attached hydrogen (secondary N) is 2. The molecule has 1 amide bonds. The van der Waals surface area contributed by atoms with E-state index in [1.165, 1.54) is 6.21 Å². The molecule has 0 aromatic rings. The Kier molecular flexibility index (Phi) is 2.27. The maximum atomic E-state index is 10.1. The number of allylic oxidation sites excluding steroid dienone is 3. The fourth-order valence-corrected chi connectivity index (χ4v) is 0.573. The van der Waals surface area contributed by atoms with E-state index in [0.29, 0.717) is 5.82 Å². The number of hydrogen-bond donors (Lipinski definition) is 3. The first kappa shape index (κ1) is 7.33. The minimum atomic E-state index is -1.12. The van der Waals surface area contributed by atoms with E-state index in [4.69, 9.17) is 5.11 Å². The van der Waals surface area contributed by atoms with E-state index in [1.807, 2.05) is 0 Å². The number of carbonyl (C=O) groups is 1. The minimum Gasteiger partial charge on any atom is -0.465 e. The van der Waals surface area contributed by atoms with Gasteiger partial charge in [0, 0.05) is 6.21 Å². The van der Waals surface area contributed by atoms with Crippen molar-refractivity contribution in [1.29, 1.82) is 0 Å². The molecule has 5 nitrogen and oxygen atoms in total. The van der Waals surface area contributed by atoms with Crippen molar-refractivity contribution in [2.45, 2.75) is 0 Å². The molecule has 5 heteroatoms. The van der Waals surface area contributed by atoms with Crippen LogP contribution in [0.2, 0.25) is 0 Å². The van der Waals surface area contributed by atoms with Crippen LogP contribution in [0.25, 0.3) is 0 Å². The lowest BCUT2D eigenvalue weighted by Gasteiger charge is -2.02. The summed E-state index contributed by atoms with van der Waals surface area (Å²) in [6, 6.07) is 0. The zero-order valence-electron chi connectivity index (χ0n) is 5.61. The van der Waals surface area contributed by atoms with E-state index in [0.717, 1.165) is 0 Å². The fraction of sp³-hybridized carbons (Fsp3) is 0. The van der Waals surface area contributed by atoms with E-state index in [-0.39, 0.29) is 0 Å². The van der Waals surface area contributed by atoms with Crippen LogP contribution in [0.5, 0.6) is 0 Å². The molecular formula is C6H7N3O2. The average molecular weight is 153 g/mol. The third kappa shape index (κ3) is 2.53. The van der Waals surface area contributed by atoms with Gasteiger partial charge in [-0.15, -0.1) is 0 Å². The summed E-state index contributed by atoms with van der Waals surface area (Å²) in [6.45, 7) is 0. The average Bonchev–Trinajstić information content (AvgIpc) is 2.14. The van der Waals surface area contributed by atoms with Crippen LogP contribution in [0.3, 0.4) is 0 Å². The second-order valence-electron chi connectivity index (χ2n) is 1.79. The van der Waals surface area contributed by atoms with E-state index in [9.17, 15) is 4.79 Å². The van der Waals surface area contributed by atoms with Gasteiger partial charge in [-0.3, -0.25) is 10.7 Å². The quantitative estimate of drug-likeness (QED) is 0.505. The van der Waals surface area contributed by atoms with Crippen molar-refractivity contribution < 1.29 is 9.90 Å². The molecule has 3 N–H and O–H groups in total. The lowest BCUT2D eigenvalue weighted by atomic mass is 10.5. The smallest absolute Gasteiger partial charge is 0.410 e. The highest BCUT2D eigenvalue weighted by molar-refractivity contribution is 5.72. The van der Waals surface area contributed by atoms with Gasteiger partial charge in [0.15, 0.2) is 0 Å². The molecule has 0 saturated carbocycles. The van der Waals surface area contributed by atoms with Crippen LogP contribution in [-0.4, -0.2) is 17.4 Å². The number of hydrogen-bond acceptors (Lipinski definition) is 3. The zero-order chi connectivity index (χ0) is 8.10. The second kappa shape index (κ2) is 3.40. The maximum Gasteiger partial charge on any atom is 0.410 e. The Balaban J connectivity index is 2.57. The highest BCUT2D eigenvalue weighted by Crippen LogP contribution is 1.88. The topological polar surface area (TPSA) is 73.7 Å². The molecule has 1 aliphatic heterocycles. The summed E-state index contributed by atoms with van der Waals surface area (Å²) in [7, 11) is 0. The highest BCUT2D eigenvalue weighted by Gasteiger charge is 1.98. The van der Waals surface area contributed by atoms with Crippen molar-refractivity contribution in [2.75, 3.05) is 0 Å². The first-order chi connectivity index (χ1) is 5.29. The number of nitrogens with zero attached hydrogens (tertiary/aromatic N) is 1. The van der Waals surface area contributed by atoms with Gasteiger partial charge < -0.3 is 5.11 Å². The molecule has 0 aromatic heterocycles. The van der Waals surface area contributed by atoms with Gasteiger partial charge in [-0.05, 0) is 12.2 Å². The zero-order valence-corrected chi connectivity index (χ0v) is 5.61. The Bertz CT molecular complexity index is 242. The van der Waals surface area contributed by atoms with Gasteiger partial charge in [-0.2, -0.15) is 5.10 Å². The van der Waals surface area contributed by atoms with E-state index < -0.39 is 6.09 Å². The van der Waals surface area contributed by atoms with Crippen LogP contribution < -0.4 is 10.7 Å². The maximum absolute atomic E-state index is 10.1. The minimum absolute atomic E-state index is 0.336. The van der Waals surface area contributed by atoms with Crippen molar-refractivity contribution in [3.05, 3.63) is 24.0 Å². The molecule has 11 heavy (non-hydrogen) atoms. The second-order valence-corrected chi connectivity index (χ2v) is 1.79. The summed E-state index contributed by atoms with van der Waals surface area (Å²) in [5.41, 5.74) is 2.49. The lowest BCUT2D eigenvalue weighted by molar-refractivity contribution is 0.197. The molecule has 0 atom stereocenters. The molecule has 0 spiro atoms. The SMILES string of the molecule is O=C(O)NC1=CC=CC=NN1. The van der Waals surface area contributed by atoms with Crippen LogP contribution in [0.4, 0.5) is 4.79 Å². The molecule has 0 fully saturated rings. The number of rotatable bonds is 1. The van der Waals surface area contributed by atoms with Gasteiger partial charge in [0.1, 0.15) is 5.82 Å². The van der Waals surface area contributed by atoms with Crippen LogP contribution in [0.1, 0.15) is 0 Å². The summed E-state index contributed by atoms with van der Waals surface area (Å²) in [5.74, 6) is 0.336. The van der Waals surface area contributed by atoms with Gasteiger partial charge in [-0.25, -0.2) is 4.79 Å². The predicted octanol–water partition coefficient (Wildman–Crippen LogP) is 0.241. The molecule has 0 unspecified atom stereocenters. The first-order valence-corrected chi connectivity index (χ1v) is 2.95. The van der Waals surface area contributed by atoms with E-state index >= 15 is 0 Å². The summed E-state index contributed by atoms with van der Waals surface area (Å²) in [6.07, 6.45) is 5.33. The standard InChI is InChI=1S/C6H7N3O2/c10-6(11)8-5-3-1-2-4-7-9-5/h1-4,8-9H,(H,10,11). The Morgan fingerprint density at radius 2 is 2.45 bits per heavy atom. The molecule has 1 rings (SSSR count). The molecule has 1 aliphatic rings. The van der Waals surface area contributed by atoms with Gasteiger partial charge in [-0.1, -0.05) is 6.08 Å². The van der Waals surface area contributed by atoms with Crippen molar-refractivity contribution >= 4 is 12.3 Å². The van der Waals surface area contributed by atoms with Crippen molar-refractivity contribution in [2.24, 2.45) is 5.10 Å². The van der Waals surface area contributed by atoms with Crippen LogP contribution >= 0.6 is 0 Å². The molecule has 58 valence electrons. The first-order valence-electron chi connectivity index (χ1n) is 2.95. The lowest BCUT2D eigenvalue weighted by Crippen LogP contribution is -2.27. The number of amides is 1. The highest BCUT2D eigenvalue weighted by atomic mass is 16.4. The Morgan fingerprint density at radius 1 is 1.64 bits per heavy atom. The number of carboxylic acid groups (broad SMARTS) is 1. The molecule has 0 aliphatic carbocycles. The number of hydrazone groups is 1. The Labute approximate surface area is 63.1 Å². The van der Waals surface area contributed by atoms with Crippen LogP contribution in [0, 0.1) is 0 Å². The van der Waals surface area contributed by atoms with Crippen molar-refractivity contribution in [3.63, 3.8) is 0 Å². The summed E-state index contributed by atoms with van der Waals surface area (Å²) in [4.78, 5) is 10.1. The van der Waals surface area contributed by atoms with Crippen LogP contribution in [0.15, 0.2) is 29.2 Å². The third-order valence-electron chi connectivity index (χ3n) is 0.961. The summed E-state index contributed by atoms with van der Waals surface area (Å²) in [5, 5.41) is 14.1. The van der Waals surface area contributed by atoms with Gasteiger partial charge in [0.25, 0.3) is 0 Å². The predicted molar refractivity (Wildman–Crippen MR) is 40.0 cm³/mol. The summed E-state index contributed by atoms with van der Waals surface area (Å²) < 4.78 is 0. The van der Waals surface area contributed by atoms with Gasteiger partial charge in [0.2, 0.25) is 0 Å². The Morgan fingerprint density at radius 3 is 3.18 bits per heavy atom. The monoisotopic (exact) mass is 153 g/mol.